The number of nitrogen functional groups attached to an aromatic ring is 1. The molecule has 1 saturated heterocycles. The predicted octanol–water partition coefficient (Wildman–Crippen LogP) is 2.44. The van der Waals surface area contributed by atoms with Gasteiger partial charge in [-0.25, -0.2) is 0 Å². The summed E-state index contributed by atoms with van der Waals surface area (Å²) >= 11 is 0. The molecule has 0 unspecified atom stereocenters. The van der Waals surface area contributed by atoms with Gasteiger partial charge >= 0.3 is 0 Å². The Labute approximate surface area is 104 Å². The first-order valence-corrected chi connectivity index (χ1v) is 6.32. The summed E-state index contributed by atoms with van der Waals surface area (Å²) < 4.78 is 5.39. The molecule has 0 amide bonds. The van der Waals surface area contributed by atoms with Gasteiger partial charge < -0.3 is 15.4 Å². The molecular weight excluding hydrogens is 212 g/mol. The fraction of sp³-hybridized carbons (Fsp3) is 0.571. The second-order valence-corrected chi connectivity index (χ2v) is 4.94. The van der Waals surface area contributed by atoms with Gasteiger partial charge in [-0.2, -0.15) is 0 Å². The van der Waals surface area contributed by atoms with Crippen LogP contribution in [0.15, 0.2) is 18.2 Å². The van der Waals surface area contributed by atoms with Crippen LogP contribution in [0.3, 0.4) is 0 Å². The van der Waals surface area contributed by atoms with Gasteiger partial charge in [0, 0.05) is 26.8 Å². The fourth-order valence-corrected chi connectivity index (χ4v) is 2.41. The van der Waals surface area contributed by atoms with Gasteiger partial charge in [-0.05, 0) is 37.3 Å². The van der Waals surface area contributed by atoms with E-state index in [1.807, 2.05) is 0 Å². The SMILES string of the molecule is Cc1cccc(N(C)CC2CCOCC2)c1N. The molecule has 0 radical (unpaired) electrons. The van der Waals surface area contributed by atoms with Gasteiger partial charge in [-0.1, -0.05) is 12.1 Å². The fourth-order valence-electron chi connectivity index (χ4n) is 2.41. The lowest BCUT2D eigenvalue weighted by molar-refractivity contribution is 0.0685. The van der Waals surface area contributed by atoms with E-state index in [1.54, 1.807) is 0 Å². The standard InChI is InChI=1S/C14H22N2O/c1-11-4-3-5-13(14(11)15)16(2)10-12-6-8-17-9-7-12/h3-5,12H,6-10,15H2,1-2H3. The van der Waals surface area contributed by atoms with Crippen LogP contribution in [0.4, 0.5) is 11.4 Å². The normalized spacial score (nSPS) is 17.1. The number of anilines is 2. The number of benzene rings is 1. The molecule has 1 heterocycles. The van der Waals surface area contributed by atoms with Crippen molar-refractivity contribution in [2.24, 2.45) is 5.92 Å². The molecule has 1 aromatic carbocycles. The highest BCUT2D eigenvalue weighted by molar-refractivity contribution is 5.70. The van der Waals surface area contributed by atoms with Gasteiger partial charge in [0.25, 0.3) is 0 Å². The summed E-state index contributed by atoms with van der Waals surface area (Å²) in [5, 5.41) is 0. The van der Waals surface area contributed by atoms with Crippen LogP contribution < -0.4 is 10.6 Å². The summed E-state index contributed by atoms with van der Waals surface area (Å²) in [6, 6.07) is 6.23. The number of ether oxygens (including phenoxy) is 1. The molecule has 0 bridgehead atoms. The minimum absolute atomic E-state index is 0.730. The molecule has 2 rings (SSSR count). The van der Waals surface area contributed by atoms with Crippen LogP contribution in [0.5, 0.6) is 0 Å². The lowest BCUT2D eigenvalue weighted by Gasteiger charge is -2.29. The van der Waals surface area contributed by atoms with Crippen molar-refractivity contribution in [2.75, 3.05) is 37.4 Å². The molecule has 1 aliphatic rings. The van der Waals surface area contributed by atoms with Gasteiger partial charge in [-0.15, -0.1) is 0 Å². The van der Waals surface area contributed by atoms with Crippen LogP contribution >= 0.6 is 0 Å². The first-order chi connectivity index (χ1) is 8.18. The zero-order valence-electron chi connectivity index (χ0n) is 10.8. The molecule has 1 fully saturated rings. The first kappa shape index (κ1) is 12.2. The number of rotatable bonds is 3. The minimum Gasteiger partial charge on any atom is -0.397 e. The molecule has 1 aliphatic heterocycles. The van der Waals surface area contributed by atoms with E-state index in [2.05, 4.69) is 37.1 Å². The maximum atomic E-state index is 6.12. The third kappa shape index (κ3) is 2.91. The van der Waals surface area contributed by atoms with E-state index in [4.69, 9.17) is 10.5 Å². The molecule has 3 heteroatoms. The van der Waals surface area contributed by atoms with Gasteiger partial charge in [0.1, 0.15) is 0 Å². The third-order valence-electron chi connectivity index (χ3n) is 3.59. The van der Waals surface area contributed by atoms with Crippen molar-refractivity contribution in [3.8, 4) is 0 Å². The monoisotopic (exact) mass is 234 g/mol. The average molecular weight is 234 g/mol. The zero-order chi connectivity index (χ0) is 12.3. The Balaban J connectivity index is 2.03. The van der Waals surface area contributed by atoms with Crippen LogP contribution in [-0.4, -0.2) is 26.8 Å². The Bertz CT molecular complexity index is 372. The molecule has 2 N–H and O–H groups in total. The van der Waals surface area contributed by atoms with Gasteiger partial charge in [-0.3, -0.25) is 0 Å². The number of para-hydroxylation sites is 1. The van der Waals surface area contributed by atoms with E-state index in [1.165, 1.54) is 0 Å². The lowest BCUT2D eigenvalue weighted by Crippen LogP contribution is -2.30. The highest BCUT2D eigenvalue weighted by atomic mass is 16.5. The van der Waals surface area contributed by atoms with E-state index >= 15 is 0 Å². The van der Waals surface area contributed by atoms with Crippen molar-refractivity contribution in [3.05, 3.63) is 23.8 Å². The van der Waals surface area contributed by atoms with E-state index in [0.29, 0.717) is 0 Å². The summed E-state index contributed by atoms with van der Waals surface area (Å²) in [5.41, 5.74) is 9.33. The highest BCUT2D eigenvalue weighted by Crippen LogP contribution is 2.27. The van der Waals surface area contributed by atoms with E-state index in [0.717, 1.165) is 55.5 Å². The summed E-state index contributed by atoms with van der Waals surface area (Å²) in [4.78, 5) is 2.28. The molecule has 0 atom stereocenters. The van der Waals surface area contributed by atoms with Crippen molar-refractivity contribution < 1.29 is 4.74 Å². The van der Waals surface area contributed by atoms with Crippen molar-refractivity contribution in [2.45, 2.75) is 19.8 Å². The summed E-state index contributed by atoms with van der Waals surface area (Å²) in [7, 11) is 2.13. The second kappa shape index (κ2) is 5.41. The molecule has 1 aromatic rings. The van der Waals surface area contributed by atoms with E-state index in [-0.39, 0.29) is 0 Å². The highest BCUT2D eigenvalue weighted by Gasteiger charge is 2.17. The second-order valence-electron chi connectivity index (χ2n) is 4.94. The molecule has 0 aliphatic carbocycles. The first-order valence-electron chi connectivity index (χ1n) is 6.32. The summed E-state index contributed by atoms with van der Waals surface area (Å²) in [6.07, 6.45) is 2.33. The summed E-state index contributed by atoms with van der Waals surface area (Å²) in [5.74, 6) is 0.730. The van der Waals surface area contributed by atoms with Crippen LogP contribution in [0.25, 0.3) is 0 Å². The van der Waals surface area contributed by atoms with Gasteiger partial charge in [0.05, 0.1) is 11.4 Å². The molecule has 94 valence electrons. The van der Waals surface area contributed by atoms with E-state index < -0.39 is 0 Å². The average Bonchev–Trinajstić information content (AvgIpc) is 2.34. The predicted molar refractivity (Wildman–Crippen MR) is 72.4 cm³/mol. The molecular formula is C14H22N2O. The Morgan fingerprint density at radius 1 is 1.35 bits per heavy atom. The van der Waals surface area contributed by atoms with Gasteiger partial charge in [0.2, 0.25) is 0 Å². The molecule has 0 saturated carbocycles. The number of nitrogens with zero attached hydrogens (tertiary/aromatic N) is 1. The Kier molecular flexibility index (Phi) is 3.89. The van der Waals surface area contributed by atoms with Crippen LogP contribution in [0.2, 0.25) is 0 Å². The molecule has 3 nitrogen and oxygen atoms in total. The quantitative estimate of drug-likeness (QED) is 0.816. The minimum atomic E-state index is 0.730. The molecule has 0 aromatic heterocycles. The van der Waals surface area contributed by atoms with Crippen LogP contribution in [0, 0.1) is 12.8 Å². The van der Waals surface area contributed by atoms with E-state index in [9.17, 15) is 0 Å². The van der Waals surface area contributed by atoms with Crippen molar-refractivity contribution in [1.29, 1.82) is 0 Å². The van der Waals surface area contributed by atoms with Crippen molar-refractivity contribution in [3.63, 3.8) is 0 Å². The van der Waals surface area contributed by atoms with Crippen molar-refractivity contribution in [1.82, 2.24) is 0 Å². The summed E-state index contributed by atoms with van der Waals surface area (Å²) in [6.45, 7) is 4.93. The number of hydrogen-bond acceptors (Lipinski definition) is 3. The molecule has 0 spiro atoms. The lowest BCUT2D eigenvalue weighted by atomic mass is 9.99. The number of aryl methyl sites for hydroxylation is 1. The van der Waals surface area contributed by atoms with Crippen molar-refractivity contribution >= 4 is 11.4 Å². The third-order valence-corrected chi connectivity index (χ3v) is 3.59. The Hall–Kier alpha value is -1.22. The topological polar surface area (TPSA) is 38.5 Å². The molecule has 17 heavy (non-hydrogen) atoms. The maximum Gasteiger partial charge on any atom is 0.0600 e. The maximum absolute atomic E-state index is 6.12. The number of hydrogen-bond donors (Lipinski definition) is 1. The van der Waals surface area contributed by atoms with Crippen LogP contribution in [0.1, 0.15) is 18.4 Å². The largest absolute Gasteiger partial charge is 0.397 e. The Morgan fingerprint density at radius 2 is 2.06 bits per heavy atom. The smallest absolute Gasteiger partial charge is 0.0600 e. The Morgan fingerprint density at radius 3 is 2.76 bits per heavy atom. The van der Waals surface area contributed by atoms with Gasteiger partial charge in [0.15, 0.2) is 0 Å². The zero-order valence-corrected chi connectivity index (χ0v) is 10.8. The number of nitrogens with two attached hydrogens (primary N) is 1. The van der Waals surface area contributed by atoms with Crippen LogP contribution in [-0.2, 0) is 4.74 Å².